The molecule has 31 heavy (non-hydrogen) atoms. The lowest BCUT2D eigenvalue weighted by atomic mass is 10.1. The first-order valence-electron chi connectivity index (χ1n) is 10.4. The van der Waals surface area contributed by atoms with Crippen LogP contribution in [0.5, 0.6) is 5.75 Å². The number of ether oxygens (including phenoxy) is 2. The molecule has 164 valence electrons. The van der Waals surface area contributed by atoms with Gasteiger partial charge in [0, 0.05) is 51.1 Å². The fourth-order valence-electron chi connectivity index (χ4n) is 3.93. The van der Waals surface area contributed by atoms with Crippen molar-refractivity contribution >= 4 is 17.3 Å². The first kappa shape index (κ1) is 19.8. The van der Waals surface area contributed by atoms with Crippen LogP contribution in [0.1, 0.15) is 1.43 Å². The summed E-state index contributed by atoms with van der Waals surface area (Å²) >= 11 is 0. The number of nitrogens with zero attached hydrogens (tertiary/aromatic N) is 5. The topological polar surface area (TPSA) is 67.7 Å². The third-order valence-corrected chi connectivity index (χ3v) is 5.76. The lowest BCUT2D eigenvalue weighted by Gasteiger charge is -2.43. The number of nitrogens with one attached hydrogen (secondary N) is 1. The number of piperazine rings is 1. The van der Waals surface area contributed by atoms with Gasteiger partial charge in [-0.25, -0.2) is 9.07 Å². The molecule has 0 saturated carbocycles. The summed E-state index contributed by atoms with van der Waals surface area (Å²) in [6.45, 7) is 5.65. The Morgan fingerprint density at radius 1 is 1.10 bits per heavy atom. The molecule has 0 radical (unpaired) electrons. The van der Waals surface area contributed by atoms with Gasteiger partial charge in [0.15, 0.2) is 0 Å². The monoisotopic (exact) mass is 426 g/mol. The SMILES string of the molecule is COc1cc(Nc2ncn(-c3cccc(F)c3)n2)cc(N2CCN(C3COC3)CC2)c1.[HH]. The van der Waals surface area contributed by atoms with Crippen LogP contribution >= 0.6 is 0 Å². The highest BCUT2D eigenvalue weighted by molar-refractivity contribution is 5.66. The minimum Gasteiger partial charge on any atom is -0.497 e. The number of aromatic nitrogens is 3. The van der Waals surface area contributed by atoms with Gasteiger partial charge in [0.2, 0.25) is 5.95 Å². The van der Waals surface area contributed by atoms with E-state index in [2.05, 4.69) is 31.3 Å². The molecule has 2 aliphatic heterocycles. The van der Waals surface area contributed by atoms with Gasteiger partial charge in [-0.15, -0.1) is 5.10 Å². The summed E-state index contributed by atoms with van der Waals surface area (Å²) in [4.78, 5) is 9.17. The molecular weight excluding hydrogens is 399 g/mol. The van der Waals surface area contributed by atoms with Crippen LogP contribution in [0.25, 0.3) is 5.69 Å². The van der Waals surface area contributed by atoms with Crippen molar-refractivity contribution in [2.24, 2.45) is 0 Å². The van der Waals surface area contributed by atoms with Crippen molar-refractivity contribution in [2.75, 3.05) is 56.7 Å². The molecule has 0 atom stereocenters. The standard InChI is InChI=1S/C22H25FN6O2.H2/c1-30-21-11-17(25-22-24-15-29(26-22)18-4-2-3-16(23)9-18)10-19(12-21)27-5-7-28(8-6-27)20-13-31-14-20;/h2-4,9-12,15,20H,5-8,13-14H2,1H3,(H,25,26);1H. The molecule has 2 saturated heterocycles. The Hall–Kier alpha value is -3.17. The van der Waals surface area contributed by atoms with E-state index in [1.54, 1.807) is 25.6 Å². The summed E-state index contributed by atoms with van der Waals surface area (Å²) in [6, 6.07) is 12.8. The quantitative estimate of drug-likeness (QED) is 0.650. The van der Waals surface area contributed by atoms with Crippen LogP contribution in [-0.2, 0) is 4.74 Å². The summed E-state index contributed by atoms with van der Waals surface area (Å²) < 4.78 is 25.9. The van der Waals surface area contributed by atoms with E-state index in [0.29, 0.717) is 17.7 Å². The van der Waals surface area contributed by atoms with E-state index in [4.69, 9.17) is 9.47 Å². The van der Waals surface area contributed by atoms with Crippen molar-refractivity contribution in [3.05, 3.63) is 54.6 Å². The largest absolute Gasteiger partial charge is 0.497 e. The number of anilines is 3. The van der Waals surface area contributed by atoms with Crippen LogP contribution < -0.4 is 15.0 Å². The normalized spacial score (nSPS) is 17.4. The Morgan fingerprint density at radius 3 is 2.65 bits per heavy atom. The number of methoxy groups -OCH3 is 1. The molecule has 3 heterocycles. The Labute approximate surface area is 181 Å². The van der Waals surface area contributed by atoms with Crippen LogP contribution in [0.2, 0.25) is 0 Å². The van der Waals surface area contributed by atoms with Crippen LogP contribution in [0.4, 0.5) is 21.7 Å². The first-order valence-corrected chi connectivity index (χ1v) is 10.4. The maximum atomic E-state index is 13.5. The van der Waals surface area contributed by atoms with Gasteiger partial charge >= 0.3 is 0 Å². The van der Waals surface area contributed by atoms with Crippen molar-refractivity contribution in [1.29, 1.82) is 0 Å². The maximum absolute atomic E-state index is 13.5. The Bertz CT molecular complexity index is 1050. The molecule has 3 aromatic rings. The van der Waals surface area contributed by atoms with E-state index in [0.717, 1.165) is 56.5 Å². The van der Waals surface area contributed by atoms with E-state index in [-0.39, 0.29) is 7.24 Å². The molecule has 1 N–H and O–H groups in total. The molecular formula is C22H27FN6O2. The summed E-state index contributed by atoms with van der Waals surface area (Å²) in [6.07, 6.45) is 1.56. The van der Waals surface area contributed by atoms with Crippen molar-refractivity contribution in [3.63, 3.8) is 0 Å². The molecule has 1 aromatic heterocycles. The Balaban J connectivity index is 0.00000245. The third kappa shape index (κ3) is 4.33. The van der Waals surface area contributed by atoms with Gasteiger partial charge in [0.25, 0.3) is 0 Å². The van der Waals surface area contributed by atoms with Crippen LogP contribution in [-0.4, -0.2) is 72.2 Å². The molecule has 0 aliphatic carbocycles. The van der Waals surface area contributed by atoms with Gasteiger partial charge in [-0.2, -0.15) is 4.98 Å². The third-order valence-electron chi connectivity index (χ3n) is 5.76. The molecule has 9 heteroatoms. The average Bonchev–Trinajstić information content (AvgIpc) is 3.21. The molecule has 0 amide bonds. The molecule has 0 bridgehead atoms. The number of benzene rings is 2. The van der Waals surface area contributed by atoms with E-state index >= 15 is 0 Å². The number of rotatable bonds is 6. The Kier molecular flexibility index (Phi) is 5.44. The minimum absolute atomic E-state index is 0. The van der Waals surface area contributed by atoms with Crippen LogP contribution in [0, 0.1) is 5.82 Å². The second-order valence-corrected chi connectivity index (χ2v) is 7.75. The van der Waals surface area contributed by atoms with Crippen LogP contribution in [0.15, 0.2) is 48.8 Å². The maximum Gasteiger partial charge on any atom is 0.246 e. The van der Waals surface area contributed by atoms with Gasteiger partial charge < -0.3 is 19.7 Å². The summed E-state index contributed by atoms with van der Waals surface area (Å²) in [5.41, 5.74) is 2.54. The zero-order valence-corrected chi connectivity index (χ0v) is 17.4. The fourth-order valence-corrected chi connectivity index (χ4v) is 3.93. The van der Waals surface area contributed by atoms with Gasteiger partial charge in [-0.1, -0.05) is 6.07 Å². The fraction of sp³-hybridized carbons (Fsp3) is 0.364. The van der Waals surface area contributed by atoms with E-state index < -0.39 is 0 Å². The second kappa shape index (κ2) is 8.52. The van der Waals surface area contributed by atoms with Crippen molar-refractivity contribution in [1.82, 2.24) is 19.7 Å². The zero-order chi connectivity index (χ0) is 21.2. The zero-order valence-electron chi connectivity index (χ0n) is 17.4. The van der Waals surface area contributed by atoms with E-state index in [1.165, 1.54) is 16.8 Å². The molecule has 2 aliphatic rings. The van der Waals surface area contributed by atoms with Gasteiger partial charge in [0.05, 0.1) is 32.1 Å². The molecule has 2 aromatic carbocycles. The minimum atomic E-state index is -0.315. The molecule has 5 rings (SSSR count). The first-order chi connectivity index (χ1) is 15.2. The lowest BCUT2D eigenvalue weighted by Crippen LogP contribution is -2.56. The molecule has 0 spiro atoms. The highest BCUT2D eigenvalue weighted by Crippen LogP contribution is 2.29. The summed E-state index contributed by atoms with van der Waals surface area (Å²) in [5.74, 6) is 0.877. The predicted octanol–water partition coefficient (Wildman–Crippen LogP) is 2.93. The van der Waals surface area contributed by atoms with Crippen molar-refractivity contribution < 1.29 is 15.3 Å². The highest BCUT2D eigenvalue weighted by Gasteiger charge is 2.29. The van der Waals surface area contributed by atoms with Gasteiger partial charge in [-0.3, -0.25) is 4.90 Å². The number of halogens is 1. The average molecular weight is 426 g/mol. The smallest absolute Gasteiger partial charge is 0.246 e. The predicted molar refractivity (Wildman–Crippen MR) is 118 cm³/mol. The second-order valence-electron chi connectivity index (χ2n) is 7.75. The van der Waals surface area contributed by atoms with Crippen LogP contribution in [0.3, 0.4) is 0 Å². The lowest BCUT2D eigenvalue weighted by molar-refractivity contribution is -0.0660. The van der Waals surface area contributed by atoms with Crippen molar-refractivity contribution in [3.8, 4) is 11.4 Å². The molecule has 8 nitrogen and oxygen atoms in total. The number of hydrogen-bond acceptors (Lipinski definition) is 7. The molecule has 2 fully saturated rings. The molecule has 0 unspecified atom stereocenters. The van der Waals surface area contributed by atoms with E-state index in [1.807, 2.05) is 12.1 Å². The number of hydrogen-bond donors (Lipinski definition) is 1. The van der Waals surface area contributed by atoms with Gasteiger partial charge in [-0.05, 0) is 24.3 Å². The Morgan fingerprint density at radius 2 is 1.94 bits per heavy atom. The van der Waals surface area contributed by atoms with Crippen molar-refractivity contribution in [2.45, 2.75) is 6.04 Å². The summed E-state index contributed by atoms with van der Waals surface area (Å²) in [5, 5.41) is 7.65. The summed E-state index contributed by atoms with van der Waals surface area (Å²) in [7, 11) is 1.66. The van der Waals surface area contributed by atoms with E-state index in [9.17, 15) is 4.39 Å². The highest BCUT2D eigenvalue weighted by atomic mass is 19.1. The van der Waals surface area contributed by atoms with Gasteiger partial charge in [0.1, 0.15) is 17.9 Å².